The first-order valence-corrected chi connectivity index (χ1v) is 11.2. The van der Waals surface area contributed by atoms with Crippen LogP contribution in [0.2, 0.25) is 0 Å². The largest absolute Gasteiger partial charge is 0.495 e. The summed E-state index contributed by atoms with van der Waals surface area (Å²) < 4.78 is 7.56. The van der Waals surface area contributed by atoms with Gasteiger partial charge in [0.05, 0.1) is 36.4 Å². The van der Waals surface area contributed by atoms with Crippen molar-refractivity contribution < 1.29 is 4.74 Å². The molecule has 2 aliphatic rings. The van der Waals surface area contributed by atoms with Crippen LogP contribution >= 0.6 is 0 Å². The normalized spacial score (nSPS) is 17.8. The summed E-state index contributed by atoms with van der Waals surface area (Å²) in [6, 6.07) is 14.8. The molecule has 0 amide bonds. The highest BCUT2D eigenvalue weighted by Crippen LogP contribution is 2.31. The summed E-state index contributed by atoms with van der Waals surface area (Å²) in [5.74, 6) is 1.64. The summed E-state index contributed by atoms with van der Waals surface area (Å²) in [4.78, 5) is 18.6. The van der Waals surface area contributed by atoms with Gasteiger partial charge in [-0.15, -0.1) is 0 Å². The minimum Gasteiger partial charge on any atom is -0.495 e. The molecule has 2 aromatic heterocycles. The molecule has 0 spiro atoms. The van der Waals surface area contributed by atoms with Crippen LogP contribution in [0.15, 0.2) is 55.0 Å². The Morgan fingerprint density at radius 1 is 1.00 bits per heavy atom. The van der Waals surface area contributed by atoms with Crippen molar-refractivity contribution in [3.63, 3.8) is 0 Å². The second-order valence-corrected chi connectivity index (χ2v) is 8.40. The minimum atomic E-state index is 0.289. The lowest BCUT2D eigenvalue weighted by molar-refractivity contribution is 0.413. The topological polar surface area (TPSA) is 83.4 Å². The second-order valence-electron chi connectivity index (χ2n) is 8.40. The maximum absolute atomic E-state index is 5.54. The number of hydrogen-bond donors (Lipinski definition) is 2. The number of piperazine rings is 1. The summed E-state index contributed by atoms with van der Waals surface area (Å²) in [6.45, 7) is 5.57. The molecule has 0 radical (unpaired) electrons. The molecular formula is C24H26N8O. The fraction of sp³-hybridized carbons (Fsp3) is 0.292. The molecule has 0 aliphatic carbocycles. The first kappa shape index (κ1) is 19.8. The van der Waals surface area contributed by atoms with Crippen molar-refractivity contribution in [3.8, 4) is 11.4 Å². The van der Waals surface area contributed by atoms with Crippen LogP contribution in [0.5, 0.6) is 5.75 Å². The van der Waals surface area contributed by atoms with E-state index in [2.05, 4.69) is 61.8 Å². The van der Waals surface area contributed by atoms with Gasteiger partial charge in [0, 0.05) is 26.2 Å². The van der Waals surface area contributed by atoms with Gasteiger partial charge in [0.2, 0.25) is 5.95 Å². The smallest absolute Gasteiger partial charge is 0.227 e. The third-order valence-electron chi connectivity index (χ3n) is 6.47. The molecule has 1 fully saturated rings. The van der Waals surface area contributed by atoms with E-state index >= 15 is 0 Å². The average Bonchev–Trinajstić information content (AvgIpc) is 3.47. The molecule has 1 unspecified atom stereocenters. The predicted molar refractivity (Wildman–Crippen MR) is 129 cm³/mol. The van der Waals surface area contributed by atoms with E-state index in [9.17, 15) is 0 Å². The van der Waals surface area contributed by atoms with Crippen LogP contribution in [-0.4, -0.2) is 52.8 Å². The third-order valence-corrected chi connectivity index (χ3v) is 6.47. The van der Waals surface area contributed by atoms with Crippen molar-refractivity contribution in [1.82, 2.24) is 24.9 Å². The minimum absolute atomic E-state index is 0.289. The number of imidazole rings is 1. The fourth-order valence-corrected chi connectivity index (χ4v) is 4.62. The monoisotopic (exact) mass is 442 g/mol. The molecule has 9 nitrogen and oxygen atoms in total. The predicted octanol–water partition coefficient (Wildman–Crippen LogP) is 3.14. The number of para-hydroxylation sites is 2. The molecule has 0 saturated carbocycles. The summed E-state index contributed by atoms with van der Waals surface area (Å²) in [5.41, 5.74) is 12.6. The Balaban J connectivity index is 1.25. The molecule has 4 heterocycles. The number of ether oxygens (including phenoxy) is 1. The Labute approximate surface area is 192 Å². The van der Waals surface area contributed by atoms with Gasteiger partial charge in [-0.05, 0) is 36.8 Å². The quantitative estimate of drug-likeness (QED) is 0.499. The van der Waals surface area contributed by atoms with E-state index < -0.39 is 0 Å². The third kappa shape index (κ3) is 3.41. The molecular weight excluding hydrogens is 416 g/mol. The van der Waals surface area contributed by atoms with Crippen molar-refractivity contribution >= 4 is 28.5 Å². The lowest BCUT2D eigenvalue weighted by Gasteiger charge is -2.36. The van der Waals surface area contributed by atoms with Gasteiger partial charge in [-0.2, -0.15) is 4.98 Å². The Hall–Kier alpha value is -3.85. The van der Waals surface area contributed by atoms with Crippen molar-refractivity contribution in [2.45, 2.75) is 13.0 Å². The van der Waals surface area contributed by atoms with Crippen molar-refractivity contribution in [2.75, 3.05) is 48.5 Å². The summed E-state index contributed by atoms with van der Waals surface area (Å²) in [5, 5.41) is 0. The molecule has 2 aromatic carbocycles. The summed E-state index contributed by atoms with van der Waals surface area (Å²) in [6.07, 6.45) is 3.63. The number of methoxy groups -OCH3 is 1. The van der Waals surface area contributed by atoms with Crippen LogP contribution in [0, 0.1) is 0 Å². The number of rotatable bonds is 4. The molecule has 0 bridgehead atoms. The van der Waals surface area contributed by atoms with E-state index in [1.165, 1.54) is 5.56 Å². The molecule has 2 aliphatic heterocycles. The number of fused-ring (bicyclic) bond motifs is 2. The zero-order chi connectivity index (χ0) is 22.4. The number of aromatic nitrogens is 4. The highest BCUT2D eigenvalue weighted by Gasteiger charge is 2.23. The van der Waals surface area contributed by atoms with Gasteiger partial charge < -0.3 is 20.0 Å². The Morgan fingerprint density at radius 3 is 2.67 bits per heavy atom. The SMILES string of the molecule is COc1ccccc1N1CCN(c2ncc3ncn(-c4ccc5c(c4)NNC5C)c3n2)CC1. The number of nitrogens with one attached hydrogen (secondary N) is 2. The van der Waals surface area contributed by atoms with E-state index in [4.69, 9.17) is 9.72 Å². The van der Waals surface area contributed by atoms with Gasteiger partial charge in [0.1, 0.15) is 17.6 Å². The van der Waals surface area contributed by atoms with Gasteiger partial charge in [-0.25, -0.2) is 15.4 Å². The molecule has 33 heavy (non-hydrogen) atoms. The number of anilines is 3. The van der Waals surface area contributed by atoms with Gasteiger partial charge in [0.25, 0.3) is 0 Å². The zero-order valence-electron chi connectivity index (χ0n) is 18.7. The molecule has 4 aromatic rings. The lowest BCUT2D eigenvalue weighted by atomic mass is 10.1. The van der Waals surface area contributed by atoms with Crippen molar-refractivity contribution in [1.29, 1.82) is 0 Å². The maximum atomic E-state index is 5.54. The van der Waals surface area contributed by atoms with E-state index in [1.54, 1.807) is 7.11 Å². The number of nitrogens with zero attached hydrogens (tertiary/aromatic N) is 6. The molecule has 9 heteroatoms. The molecule has 1 atom stereocenters. The molecule has 6 rings (SSSR count). The van der Waals surface area contributed by atoms with Gasteiger partial charge in [0.15, 0.2) is 5.65 Å². The van der Waals surface area contributed by atoms with Crippen LogP contribution in [0.25, 0.3) is 16.9 Å². The molecule has 168 valence electrons. The first-order chi connectivity index (χ1) is 16.2. The Bertz CT molecular complexity index is 1310. The lowest BCUT2D eigenvalue weighted by Crippen LogP contribution is -2.47. The molecule has 1 saturated heterocycles. The number of benzene rings is 2. The highest BCUT2D eigenvalue weighted by atomic mass is 16.5. The Morgan fingerprint density at radius 2 is 1.82 bits per heavy atom. The van der Waals surface area contributed by atoms with E-state index in [0.29, 0.717) is 0 Å². The van der Waals surface area contributed by atoms with E-state index in [1.807, 2.05) is 35.3 Å². The van der Waals surface area contributed by atoms with Crippen molar-refractivity contribution in [3.05, 3.63) is 60.6 Å². The Kier molecular flexibility index (Phi) is 4.76. The summed E-state index contributed by atoms with van der Waals surface area (Å²) >= 11 is 0. The number of hydrazine groups is 1. The van der Waals surface area contributed by atoms with Crippen LogP contribution in [-0.2, 0) is 0 Å². The van der Waals surface area contributed by atoms with Crippen LogP contribution in [0.3, 0.4) is 0 Å². The fourth-order valence-electron chi connectivity index (χ4n) is 4.62. The highest BCUT2D eigenvalue weighted by molar-refractivity contribution is 5.74. The van der Waals surface area contributed by atoms with Gasteiger partial charge in [-0.1, -0.05) is 18.2 Å². The van der Waals surface area contributed by atoms with Crippen LogP contribution in [0.4, 0.5) is 17.3 Å². The first-order valence-electron chi connectivity index (χ1n) is 11.2. The van der Waals surface area contributed by atoms with Gasteiger partial charge >= 0.3 is 0 Å². The van der Waals surface area contributed by atoms with E-state index in [0.717, 1.165) is 66.1 Å². The standard InChI is InChI=1S/C24H26N8O/c1-16-18-8-7-17(13-19(18)29-28-16)32-15-26-20-14-25-24(27-23(20)32)31-11-9-30(10-12-31)21-5-3-4-6-22(21)33-2/h3-8,13-16,28-29H,9-12H2,1-2H3. The van der Waals surface area contributed by atoms with Crippen LogP contribution in [0.1, 0.15) is 18.5 Å². The molecule has 2 N–H and O–H groups in total. The average molecular weight is 443 g/mol. The summed E-state index contributed by atoms with van der Waals surface area (Å²) in [7, 11) is 1.72. The number of hydrogen-bond acceptors (Lipinski definition) is 8. The second kappa shape index (κ2) is 7.93. The van der Waals surface area contributed by atoms with Crippen LogP contribution < -0.4 is 25.4 Å². The van der Waals surface area contributed by atoms with Crippen molar-refractivity contribution in [2.24, 2.45) is 0 Å². The van der Waals surface area contributed by atoms with E-state index in [-0.39, 0.29) is 6.04 Å². The van der Waals surface area contributed by atoms with Gasteiger partial charge in [-0.3, -0.25) is 4.57 Å². The maximum Gasteiger partial charge on any atom is 0.227 e. The zero-order valence-corrected chi connectivity index (χ0v) is 18.7.